The first-order chi connectivity index (χ1) is 13.0. The summed E-state index contributed by atoms with van der Waals surface area (Å²) in [4.78, 5) is 34.4. The lowest BCUT2D eigenvalue weighted by Crippen LogP contribution is -2.58. The fourth-order valence-electron chi connectivity index (χ4n) is 6.62. The van der Waals surface area contributed by atoms with Crippen LogP contribution >= 0.6 is 11.3 Å². The number of amides is 2. The van der Waals surface area contributed by atoms with E-state index in [1.807, 2.05) is 17.2 Å². The number of piperazine rings is 1. The third-order valence-corrected chi connectivity index (χ3v) is 8.23. The molecule has 0 atom stereocenters. The second-order valence-electron chi connectivity index (χ2n) is 9.41. The highest BCUT2D eigenvalue weighted by atomic mass is 32.1. The molecular formula is C21H29N3O2S. The molecule has 5 aliphatic rings. The van der Waals surface area contributed by atoms with Gasteiger partial charge in [0.25, 0.3) is 0 Å². The molecule has 2 heterocycles. The lowest BCUT2D eigenvalue weighted by atomic mass is 9.49. The Labute approximate surface area is 165 Å². The molecule has 6 heteroatoms. The van der Waals surface area contributed by atoms with E-state index >= 15 is 0 Å². The lowest BCUT2D eigenvalue weighted by molar-refractivity contribution is -0.160. The van der Waals surface area contributed by atoms with Crippen LogP contribution < -0.4 is 0 Å². The summed E-state index contributed by atoms with van der Waals surface area (Å²) in [5.74, 6) is 2.94. The van der Waals surface area contributed by atoms with E-state index in [0.29, 0.717) is 38.5 Å². The van der Waals surface area contributed by atoms with Gasteiger partial charge < -0.3 is 9.80 Å². The Kier molecular flexibility index (Phi) is 4.30. The van der Waals surface area contributed by atoms with Crippen LogP contribution in [0.15, 0.2) is 5.38 Å². The summed E-state index contributed by atoms with van der Waals surface area (Å²) >= 11 is 1.59. The molecule has 4 bridgehead atoms. The summed E-state index contributed by atoms with van der Waals surface area (Å²) in [5.41, 5.74) is 0.813. The number of aromatic nitrogens is 1. The van der Waals surface area contributed by atoms with Crippen molar-refractivity contribution in [3.8, 4) is 0 Å². The van der Waals surface area contributed by atoms with Gasteiger partial charge in [-0.05, 0) is 63.2 Å². The third-order valence-electron chi connectivity index (χ3n) is 7.41. The van der Waals surface area contributed by atoms with Gasteiger partial charge in [-0.3, -0.25) is 9.59 Å². The minimum atomic E-state index is -0.0565. The lowest BCUT2D eigenvalue weighted by Gasteiger charge is -2.57. The average Bonchev–Trinajstić information content (AvgIpc) is 3.05. The van der Waals surface area contributed by atoms with E-state index in [9.17, 15) is 9.59 Å². The average molecular weight is 388 g/mol. The van der Waals surface area contributed by atoms with E-state index in [0.717, 1.165) is 47.7 Å². The Morgan fingerprint density at radius 1 is 1.04 bits per heavy atom. The number of hydrogen-bond acceptors (Lipinski definition) is 4. The number of hydrogen-bond donors (Lipinski definition) is 0. The standard InChI is InChI=1S/C21H29N3O2S/c1-14-22-18(13-27-14)9-19(25)23-2-4-24(5-3-23)20(26)21-10-15-6-16(11-21)8-17(7-15)12-21/h13,15-17H,2-12H2,1H3. The minimum Gasteiger partial charge on any atom is -0.339 e. The van der Waals surface area contributed by atoms with Gasteiger partial charge in [-0.2, -0.15) is 0 Å². The molecule has 0 radical (unpaired) electrons. The van der Waals surface area contributed by atoms with E-state index < -0.39 is 0 Å². The Morgan fingerprint density at radius 3 is 2.11 bits per heavy atom. The molecule has 0 spiro atoms. The molecule has 4 aliphatic carbocycles. The number of nitrogens with zero attached hydrogens (tertiary/aromatic N) is 3. The van der Waals surface area contributed by atoms with Gasteiger partial charge in [-0.1, -0.05) is 0 Å². The molecule has 4 saturated carbocycles. The molecule has 1 saturated heterocycles. The van der Waals surface area contributed by atoms with Gasteiger partial charge in [-0.25, -0.2) is 4.98 Å². The van der Waals surface area contributed by atoms with Gasteiger partial charge in [0.2, 0.25) is 11.8 Å². The van der Waals surface area contributed by atoms with Crippen LogP contribution in [0.1, 0.15) is 49.2 Å². The number of carbonyl (C=O) groups is 2. The Bertz CT molecular complexity index is 715. The summed E-state index contributed by atoms with van der Waals surface area (Å²) in [5, 5.41) is 2.98. The maximum Gasteiger partial charge on any atom is 0.228 e. The van der Waals surface area contributed by atoms with Crippen LogP contribution in [0.3, 0.4) is 0 Å². The molecule has 1 aromatic heterocycles. The molecule has 6 rings (SSSR count). The van der Waals surface area contributed by atoms with Crippen molar-refractivity contribution in [2.45, 2.75) is 51.9 Å². The summed E-state index contributed by atoms with van der Waals surface area (Å²) in [6.45, 7) is 4.69. The van der Waals surface area contributed by atoms with Crippen LogP contribution in [0.2, 0.25) is 0 Å². The summed E-state index contributed by atoms with van der Waals surface area (Å²) in [6.07, 6.45) is 7.86. The number of aryl methyl sites for hydroxylation is 1. The molecule has 5 nitrogen and oxygen atoms in total. The fraction of sp³-hybridized carbons (Fsp3) is 0.762. The summed E-state index contributed by atoms with van der Waals surface area (Å²) in [6, 6.07) is 0. The molecule has 1 aromatic rings. The Hall–Kier alpha value is -1.43. The predicted molar refractivity (Wildman–Crippen MR) is 104 cm³/mol. The van der Waals surface area contributed by atoms with Crippen molar-refractivity contribution in [1.82, 2.24) is 14.8 Å². The molecule has 2 amide bonds. The van der Waals surface area contributed by atoms with E-state index in [1.165, 1.54) is 19.3 Å². The third kappa shape index (κ3) is 3.20. The number of thiazole rings is 1. The van der Waals surface area contributed by atoms with Crippen molar-refractivity contribution in [1.29, 1.82) is 0 Å². The van der Waals surface area contributed by atoms with Gasteiger partial charge >= 0.3 is 0 Å². The highest BCUT2D eigenvalue weighted by Crippen LogP contribution is 2.60. The fourth-order valence-corrected chi connectivity index (χ4v) is 7.24. The molecule has 0 aromatic carbocycles. The zero-order valence-corrected chi connectivity index (χ0v) is 17.0. The predicted octanol–water partition coefficient (Wildman–Crippen LogP) is 2.88. The minimum absolute atomic E-state index is 0.0565. The van der Waals surface area contributed by atoms with E-state index in [-0.39, 0.29) is 11.3 Å². The molecule has 27 heavy (non-hydrogen) atoms. The topological polar surface area (TPSA) is 53.5 Å². The van der Waals surface area contributed by atoms with Crippen LogP contribution in [-0.2, 0) is 16.0 Å². The maximum atomic E-state index is 13.4. The zero-order chi connectivity index (χ0) is 18.6. The second kappa shape index (κ2) is 6.57. The monoisotopic (exact) mass is 387 g/mol. The highest BCUT2D eigenvalue weighted by molar-refractivity contribution is 7.09. The van der Waals surface area contributed by atoms with E-state index in [4.69, 9.17) is 0 Å². The Balaban J connectivity index is 1.19. The van der Waals surface area contributed by atoms with Crippen molar-refractivity contribution >= 4 is 23.2 Å². The Morgan fingerprint density at radius 2 is 1.59 bits per heavy atom. The molecular weight excluding hydrogens is 358 g/mol. The molecule has 146 valence electrons. The van der Waals surface area contributed by atoms with Crippen molar-refractivity contribution in [2.24, 2.45) is 23.2 Å². The molecule has 1 aliphatic heterocycles. The van der Waals surface area contributed by atoms with Crippen molar-refractivity contribution in [3.05, 3.63) is 16.1 Å². The first-order valence-electron chi connectivity index (χ1n) is 10.5. The van der Waals surface area contributed by atoms with Crippen LogP contribution in [0.4, 0.5) is 0 Å². The smallest absolute Gasteiger partial charge is 0.228 e. The number of rotatable bonds is 3. The van der Waals surface area contributed by atoms with Crippen LogP contribution in [0.25, 0.3) is 0 Å². The van der Waals surface area contributed by atoms with Gasteiger partial charge in [-0.15, -0.1) is 11.3 Å². The highest BCUT2D eigenvalue weighted by Gasteiger charge is 2.55. The first-order valence-corrected chi connectivity index (χ1v) is 11.4. The van der Waals surface area contributed by atoms with Crippen LogP contribution in [-0.4, -0.2) is 52.8 Å². The van der Waals surface area contributed by atoms with E-state index in [2.05, 4.69) is 9.88 Å². The SMILES string of the molecule is Cc1nc(CC(=O)N2CCN(C(=O)C34CC5CC(CC(C5)C3)C4)CC2)cs1. The largest absolute Gasteiger partial charge is 0.339 e. The van der Waals surface area contributed by atoms with Gasteiger partial charge in [0, 0.05) is 31.6 Å². The zero-order valence-electron chi connectivity index (χ0n) is 16.2. The quantitative estimate of drug-likeness (QED) is 0.801. The summed E-state index contributed by atoms with van der Waals surface area (Å²) < 4.78 is 0. The van der Waals surface area contributed by atoms with Crippen LogP contribution in [0, 0.1) is 30.1 Å². The van der Waals surface area contributed by atoms with E-state index in [1.54, 1.807) is 11.3 Å². The second-order valence-corrected chi connectivity index (χ2v) is 10.5. The normalized spacial score (nSPS) is 34.9. The van der Waals surface area contributed by atoms with Gasteiger partial charge in [0.1, 0.15) is 0 Å². The van der Waals surface area contributed by atoms with Crippen LogP contribution in [0.5, 0.6) is 0 Å². The summed E-state index contributed by atoms with van der Waals surface area (Å²) in [7, 11) is 0. The van der Waals surface area contributed by atoms with Gasteiger partial charge in [0.05, 0.1) is 22.5 Å². The maximum absolute atomic E-state index is 13.4. The van der Waals surface area contributed by atoms with Crippen molar-refractivity contribution in [2.75, 3.05) is 26.2 Å². The van der Waals surface area contributed by atoms with Crippen molar-refractivity contribution < 1.29 is 9.59 Å². The molecule has 0 unspecified atom stereocenters. The number of carbonyl (C=O) groups excluding carboxylic acids is 2. The molecule has 5 fully saturated rings. The van der Waals surface area contributed by atoms with Gasteiger partial charge in [0.15, 0.2) is 0 Å². The first kappa shape index (κ1) is 17.7. The van der Waals surface area contributed by atoms with Crippen molar-refractivity contribution in [3.63, 3.8) is 0 Å². The molecule has 0 N–H and O–H groups in total.